The molecular formula is C6H9ClO3S. The van der Waals surface area contributed by atoms with Crippen LogP contribution in [0.3, 0.4) is 0 Å². The van der Waals surface area contributed by atoms with Crippen LogP contribution in [0.1, 0.15) is 6.42 Å². The number of hydrogen-bond acceptors (Lipinski definition) is 3. The molecule has 0 N–H and O–H groups in total. The summed E-state index contributed by atoms with van der Waals surface area (Å²) in [5.41, 5.74) is 0.853. The first kappa shape index (κ1) is 9.03. The van der Waals surface area contributed by atoms with Gasteiger partial charge in [0.05, 0.1) is 19.0 Å². The van der Waals surface area contributed by atoms with Gasteiger partial charge in [-0.15, -0.1) is 0 Å². The van der Waals surface area contributed by atoms with E-state index in [1.165, 1.54) is 0 Å². The lowest BCUT2D eigenvalue weighted by molar-refractivity contribution is 0.155. The van der Waals surface area contributed by atoms with Gasteiger partial charge in [-0.2, -0.15) is 0 Å². The van der Waals surface area contributed by atoms with Crippen LogP contribution in [0.4, 0.5) is 0 Å². The third kappa shape index (κ3) is 3.74. The Morgan fingerprint density at radius 2 is 2.36 bits per heavy atom. The highest BCUT2D eigenvalue weighted by Gasteiger charge is 2.11. The molecule has 0 spiro atoms. The summed E-state index contributed by atoms with van der Waals surface area (Å²) in [6.07, 6.45) is 2.44. The van der Waals surface area contributed by atoms with E-state index in [-0.39, 0.29) is 5.75 Å². The van der Waals surface area contributed by atoms with E-state index in [9.17, 15) is 8.42 Å². The quantitative estimate of drug-likeness (QED) is 0.487. The van der Waals surface area contributed by atoms with Gasteiger partial charge < -0.3 is 4.74 Å². The average Bonchev–Trinajstić information content (AvgIpc) is 1.85. The van der Waals surface area contributed by atoms with Crippen molar-refractivity contribution in [2.24, 2.45) is 0 Å². The van der Waals surface area contributed by atoms with Crippen LogP contribution in [0.5, 0.6) is 0 Å². The molecule has 0 aromatic rings. The lowest BCUT2D eigenvalue weighted by Crippen LogP contribution is -2.10. The molecule has 1 rings (SSSR count). The smallest absolute Gasteiger partial charge is 0.236 e. The molecule has 1 aliphatic rings. The second-order valence-corrected chi connectivity index (χ2v) is 5.15. The van der Waals surface area contributed by atoms with Gasteiger partial charge in [-0.1, -0.05) is 11.6 Å². The molecule has 0 unspecified atom stereocenters. The van der Waals surface area contributed by atoms with E-state index in [2.05, 4.69) is 0 Å². The first-order valence-corrected chi connectivity index (χ1v) is 5.74. The van der Waals surface area contributed by atoms with Gasteiger partial charge in [-0.05, 0) is 6.42 Å². The monoisotopic (exact) mass is 196 g/mol. The van der Waals surface area contributed by atoms with E-state index < -0.39 is 9.05 Å². The van der Waals surface area contributed by atoms with Crippen molar-refractivity contribution >= 4 is 19.7 Å². The van der Waals surface area contributed by atoms with E-state index in [4.69, 9.17) is 15.4 Å². The van der Waals surface area contributed by atoms with Crippen molar-refractivity contribution < 1.29 is 13.2 Å². The van der Waals surface area contributed by atoms with Gasteiger partial charge in [0.2, 0.25) is 9.05 Å². The van der Waals surface area contributed by atoms with Crippen molar-refractivity contribution in [3.8, 4) is 0 Å². The fourth-order valence-electron chi connectivity index (χ4n) is 0.918. The number of halogens is 1. The van der Waals surface area contributed by atoms with E-state index in [1.807, 2.05) is 0 Å². The van der Waals surface area contributed by atoms with Crippen LogP contribution in [-0.4, -0.2) is 27.4 Å². The van der Waals surface area contributed by atoms with Crippen molar-refractivity contribution in [2.45, 2.75) is 6.42 Å². The Morgan fingerprint density at radius 1 is 1.64 bits per heavy atom. The molecule has 0 saturated carbocycles. The molecule has 3 nitrogen and oxygen atoms in total. The summed E-state index contributed by atoms with van der Waals surface area (Å²) in [7, 11) is 1.68. The summed E-state index contributed by atoms with van der Waals surface area (Å²) < 4.78 is 26.2. The zero-order valence-corrected chi connectivity index (χ0v) is 7.49. The Kier molecular flexibility index (Phi) is 2.92. The summed E-state index contributed by atoms with van der Waals surface area (Å²) in [4.78, 5) is 0. The highest BCUT2D eigenvalue weighted by Crippen LogP contribution is 2.12. The molecule has 0 aliphatic carbocycles. The molecule has 0 fully saturated rings. The SMILES string of the molecule is O=S(=O)(Cl)CC1=CCOCC1. The van der Waals surface area contributed by atoms with Gasteiger partial charge in [-0.25, -0.2) is 8.42 Å². The van der Waals surface area contributed by atoms with Crippen molar-refractivity contribution in [3.63, 3.8) is 0 Å². The normalized spacial score (nSPS) is 19.5. The zero-order valence-electron chi connectivity index (χ0n) is 5.92. The molecule has 0 radical (unpaired) electrons. The minimum atomic E-state index is -3.38. The zero-order chi connectivity index (χ0) is 8.32. The number of hydrogen-bond donors (Lipinski definition) is 0. The predicted octanol–water partition coefficient (Wildman–Crippen LogP) is 0.902. The Bertz CT molecular complexity index is 255. The van der Waals surface area contributed by atoms with Crippen LogP contribution in [0.25, 0.3) is 0 Å². The Morgan fingerprint density at radius 3 is 2.82 bits per heavy atom. The Balaban J connectivity index is 2.55. The molecule has 0 aromatic carbocycles. The Hall–Kier alpha value is -0.0600. The molecule has 0 bridgehead atoms. The topological polar surface area (TPSA) is 43.4 Å². The van der Waals surface area contributed by atoms with Gasteiger partial charge in [0.1, 0.15) is 0 Å². The molecule has 0 saturated heterocycles. The maximum absolute atomic E-state index is 10.6. The van der Waals surface area contributed by atoms with Gasteiger partial charge >= 0.3 is 0 Å². The molecule has 5 heteroatoms. The summed E-state index contributed by atoms with van der Waals surface area (Å²) >= 11 is 0. The number of ether oxygens (including phenoxy) is 1. The fraction of sp³-hybridized carbons (Fsp3) is 0.667. The van der Waals surface area contributed by atoms with Crippen LogP contribution >= 0.6 is 10.7 Å². The van der Waals surface area contributed by atoms with Crippen LogP contribution in [0.15, 0.2) is 11.6 Å². The van der Waals surface area contributed by atoms with Crippen LogP contribution in [0.2, 0.25) is 0 Å². The van der Waals surface area contributed by atoms with Gasteiger partial charge in [0, 0.05) is 10.7 Å². The summed E-state index contributed by atoms with van der Waals surface area (Å²) in [6, 6.07) is 0. The minimum absolute atomic E-state index is 0.0437. The van der Waals surface area contributed by atoms with Gasteiger partial charge in [0.25, 0.3) is 0 Å². The van der Waals surface area contributed by atoms with E-state index in [1.54, 1.807) is 6.08 Å². The standard InChI is InChI=1S/C6H9ClO3S/c7-11(8,9)5-6-1-3-10-4-2-6/h1H,2-5H2. The molecule has 64 valence electrons. The van der Waals surface area contributed by atoms with Crippen molar-refractivity contribution in [1.29, 1.82) is 0 Å². The minimum Gasteiger partial charge on any atom is -0.377 e. The van der Waals surface area contributed by atoms with Crippen molar-refractivity contribution in [3.05, 3.63) is 11.6 Å². The second kappa shape index (κ2) is 3.56. The van der Waals surface area contributed by atoms with E-state index in [0.29, 0.717) is 19.6 Å². The molecule has 0 amide bonds. The first-order chi connectivity index (χ1) is 5.08. The summed E-state index contributed by atoms with van der Waals surface area (Å²) in [5, 5.41) is 0. The molecule has 0 aromatic heterocycles. The average molecular weight is 197 g/mol. The fourth-order valence-corrected chi connectivity index (χ4v) is 2.04. The number of rotatable bonds is 2. The predicted molar refractivity (Wildman–Crippen MR) is 43.2 cm³/mol. The van der Waals surface area contributed by atoms with Crippen LogP contribution < -0.4 is 0 Å². The Labute approximate surface area is 70.4 Å². The molecule has 1 heterocycles. The van der Waals surface area contributed by atoms with E-state index >= 15 is 0 Å². The molecule has 11 heavy (non-hydrogen) atoms. The third-order valence-corrected chi connectivity index (χ3v) is 2.46. The summed E-state index contributed by atoms with van der Waals surface area (Å²) in [6.45, 7) is 1.10. The third-order valence-electron chi connectivity index (χ3n) is 1.42. The van der Waals surface area contributed by atoms with Gasteiger partial charge in [-0.3, -0.25) is 0 Å². The highest BCUT2D eigenvalue weighted by atomic mass is 35.7. The lowest BCUT2D eigenvalue weighted by atomic mass is 10.2. The maximum atomic E-state index is 10.6. The van der Waals surface area contributed by atoms with Crippen molar-refractivity contribution in [1.82, 2.24) is 0 Å². The van der Waals surface area contributed by atoms with Gasteiger partial charge in [0.15, 0.2) is 0 Å². The summed E-state index contributed by atoms with van der Waals surface area (Å²) in [5.74, 6) is -0.0437. The van der Waals surface area contributed by atoms with E-state index in [0.717, 1.165) is 5.57 Å². The molecule has 1 aliphatic heterocycles. The molecule has 0 atom stereocenters. The van der Waals surface area contributed by atoms with Crippen molar-refractivity contribution in [2.75, 3.05) is 19.0 Å². The van der Waals surface area contributed by atoms with Crippen LogP contribution in [-0.2, 0) is 13.8 Å². The lowest BCUT2D eigenvalue weighted by Gasteiger charge is -2.11. The first-order valence-electron chi connectivity index (χ1n) is 3.26. The largest absolute Gasteiger partial charge is 0.377 e. The molecular weight excluding hydrogens is 188 g/mol. The van der Waals surface area contributed by atoms with Crippen LogP contribution in [0, 0.1) is 0 Å². The second-order valence-electron chi connectivity index (χ2n) is 2.37. The highest BCUT2D eigenvalue weighted by molar-refractivity contribution is 8.13. The maximum Gasteiger partial charge on any atom is 0.236 e.